The third kappa shape index (κ3) is 55.2. The van der Waals surface area contributed by atoms with Crippen LogP contribution in [0.5, 0.6) is 0 Å². The zero-order valence-electron chi connectivity index (χ0n) is 47.4. The normalized spacial score (nSPS) is 13.8. The van der Waals surface area contributed by atoms with Crippen LogP contribution in [0.4, 0.5) is 0 Å². The molecule has 0 aliphatic carbocycles. The van der Waals surface area contributed by atoms with Crippen molar-refractivity contribution in [2.75, 3.05) is 47.5 Å². The third-order valence-corrected chi connectivity index (χ3v) is 11.6. The van der Waals surface area contributed by atoms with Crippen LogP contribution in [0.3, 0.4) is 0 Å². The molecule has 0 saturated carbocycles. The molecule has 0 aromatic carbocycles. The molecule has 0 amide bonds. The number of ether oxygens (including phenoxy) is 4. The van der Waals surface area contributed by atoms with Gasteiger partial charge in [-0.25, -0.2) is 0 Å². The van der Waals surface area contributed by atoms with Gasteiger partial charge in [0.1, 0.15) is 13.2 Å². The summed E-state index contributed by atoms with van der Waals surface area (Å²) in [6, 6.07) is 0. The van der Waals surface area contributed by atoms with Crippen LogP contribution < -0.4 is 5.11 Å². The quantitative estimate of drug-likeness (QED) is 0.0195. The highest BCUT2D eigenvalue weighted by atomic mass is 16.7. The number of hydrogen-bond donors (Lipinski definition) is 0. The zero-order valence-corrected chi connectivity index (χ0v) is 47.4. The molecule has 0 heterocycles. The lowest BCUT2D eigenvalue weighted by Gasteiger charge is -2.26. The van der Waals surface area contributed by atoms with Crippen molar-refractivity contribution in [3.05, 3.63) is 134 Å². The minimum absolute atomic E-state index is 0.130. The molecular weight excluding hydrogens is 923 g/mol. The second-order valence-electron chi connectivity index (χ2n) is 19.8. The molecule has 418 valence electrons. The van der Waals surface area contributed by atoms with Gasteiger partial charge >= 0.3 is 11.9 Å². The number of carbonyl (C=O) groups excluding carboxylic acids is 3. The van der Waals surface area contributed by atoms with E-state index < -0.39 is 24.3 Å². The second kappa shape index (κ2) is 54.7. The SMILES string of the molecule is CC/C=C\C/C=C\C/C=C\C/C=C\C/C=C\C/C=C\C/C=C\C/C=C\C/C=C\C/C=C\CCCCC(=O)OC(COC(=O)CCCCCCC/C=C\CCCCCCCCC)COC(OCC[N+](C)(C)C)C(=O)[O-]. The molecule has 0 aromatic heterocycles. The molecule has 2 atom stereocenters. The number of nitrogens with zero attached hydrogens (tertiary/aromatic N) is 1. The number of rotatable bonds is 51. The van der Waals surface area contributed by atoms with Crippen LogP contribution in [-0.2, 0) is 33.3 Å². The topological polar surface area (TPSA) is 111 Å². The van der Waals surface area contributed by atoms with Crippen molar-refractivity contribution in [3.8, 4) is 0 Å². The minimum Gasteiger partial charge on any atom is -0.545 e. The van der Waals surface area contributed by atoms with Crippen molar-refractivity contribution in [2.45, 2.75) is 212 Å². The van der Waals surface area contributed by atoms with Gasteiger partial charge in [-0.3, -0.25) is 9.59 Å². The molecule has 9 heteroatoms. The third-order valence-electron chi connectivity index (χ3n) is 11.6. The van der Waals surface area contributed by atoms with Gasteiger partial charge in [-0.05, 0) is 116 Å². The molecule has 0 rings (SSSR count). The van der Waals surface area contributed by atoms with Crippen LogP contribution in [0, 0.1) is 0 Å². The van der Waals surface area contributed by atoms with Gasteiger partial charge in [0.2, 0.25) is 0 Å². The molecule has 74 heavy (non-hydrogen) atoms. The van der Waals surface area contributed by atoms with Crippen LogP contribution in [-0.4, -0.2) is 82.3 Å². The molecule has 0 aromatic rings. The van der Waals surface area contributed by atoms with Crippen LogP contribution in [0.15, 0.2) is 134 Å². The molecule has 0 aliphatic rings. The average Bonchev–Trinajstić information content (AvgIpc) is 3.37. The van der Waals surface area contributed by atoms with Gasteiger partial charge in [-0.15, -0.1) is 0 Å². The molecule has 0 aliphatic heterocycles. The first kappa shape index (κ1) is 69.4. The van der Waals surface area contributed by atoms with Crippen LogP contribution in [0.2, 0.25) is 0 Å². The highest BCUT2D eigenvalue weighted by Crippen LogP contribution is 2.13. The Hall–Kier alpha value is -4.57. The predicted octanol–water partition coefficient (Wildman–Crippen LogP) is 15.7. The summed E-state index contributed by atoms with van der Waals surface area (Å²) >= 11 is 0. The fourth-order valence-electron chi connectivity index (χ4n) is 7.20. The van der Waals surface area contributed by atoms with Gasteiger partial charge in [0.25, 0.3) is 0 Å². The number of carbonyl (C=O) groups is 3. The van der Waals surface area contributed by atoms with Crippen molar-refractivity contribution < 1.29 is 42.9 Å². The summed E-state index contributed by atoms with van der Waals surface area (Å²) < 4.78 is 22.6. The standard InChI is InChI=1S/C65H105NO8/c1-6-8-10-12-14-16-18-20-22-24-25-26-27-28-29-30-31-32-33-34-35-36-37-38-39-40-42-44-46-48-50-52-54-56-63(68)74-61(60-73-65(64(69)70)71-58-57-66(3,4)5)59-72-62(67)55-53-51-49-47-45-43-41-23-21-19-17-15-13-11-9-7-2/h8,10,14,16,20,22-23,25-26,28-29,31-32,34-35,37-38,40-42,46,48,61,65H,6-7,9,11-13,15,17-19,21,24,27,30,33,36,39,43-45,47,49-60H2,1-5H3/b10-8-,16-14-,22-20-,26-25-,29-28-,32-31-,35-34-,38-37-,41-23-,42-40-,48-46-. The summed E-state index contributed by atoms with van der Waals surface area (Å²) in [6.45, 7) is 4.54. The lowest BCUT2D eigenvalue weighted by atomic mass is 10.1. The van der Waals surface area contributed by atoms with Crippen molar-refractivity contribution in [1.82, 2.24) is 0 Å². The van der Waals surface area contributed by atoms with Crippen molar-refractivity contribution in [2.24, 2.45) is 0 Å². The maximum absolute atomic E-state index is 12.8. The Morgan fingerprint density at radius 3 is 1.19 bits per heavy atom. The summed E-state index contributed by atoms with van der Waals surface area (Å²) in [5.74, 6) is -2.37. The van der Waals surface area contributed by atoms with E-state index in [1.807, 2.05) is 21.1 Å². The second-order valence-corrected chi connectivity index (χ2v) is 19.8. The van der Waals surface area contributed by atoms with Gasteiger partial charge in [0.05, 0.1) is 40.3 Å². The lowest BCUT2D eigenvalue weighted by molar-refractivity contribution is -0.870. The Labute approximate surface area is 452 Å². The van der Waals surface area contributed by atoms with Crippen molar-refractivity contribution in [3.63, 3.8) is 0 Å². The number of quaternary nitrogens is 1. The monoisotopic (exact) mass is 1030 g/mol. The van der Waals surface area contributed by atoms with Gasteiger partial charge in [-0.2, -0.15) is 0 Å². The minimum atomic E-state index is -1.64. The summed E-state index contributed by atoms with van der Waals surface area (Å²) in [7, 11) is 5.89. The summed E-state index contributed by atoms with van der Waals surface area (Å²) in [5.41, 5.74) is 0. The lowest BCUT2D eigenvalue weighted by Crippen LogP contribution is -2.44. The Bertz CT molecular complexity index is 1670. The Balaban J connectivity index is 4.38. The number of allylic oxidation sites excluding steroid dienone is 22. The number of likely N-dealkylation sites (N-methyl/N-ethyl adjacent to an activating group) is 1. The molecule has 0 radical (unpaired) electrons. The van der Waals surface area contributed by atoms with E-state index in [0.717, 1.165) is 109 Å². The summed E-state index contributed by atoms with van der Waals surface area (Å²) in [6.07, 6.45) is 75.0. The number of hydrogen-bond acceptors (Lipinski definition) is 8. The maximum Gasteiger partial charge on any atom is 0.306 e. The van der Waals surface area contributed by atoms with Crippen LogP contribution in [0.25, 0.3) is 0 Å². The molecule has 0 spiro atoms. The zero-order chi connectivity index (χ0) is 54.1. The Kier molecular flexibility index (Phi) is 51.3. The van der Waals surface area contributed by atoms with E-state index in [1.165, 1.54) is 51.4 Å². The largest absolute Gasteiger partial charge is 0.545 e. The highest BCUT2D eigenvalue weighted by Gasteiger charge is 2.21. The first-order valence-electron chi connectivity index (χ1n) is 28.8. The summed E-state index contributed by atoms with van der Waals surface area (Å²) in [4.78, 5) is 37.2. The fourth-order valence-corrected chi connectivity index (χ4v) is 7.20. The Morgan fingerprint density at radius 1 is 0.419 bits per heavy atom. The van der Waals surface area contributed by atoms with Crippen molar-refractivity contribution >= 4 is 17.9 Å². The number of carboxylic acid groups (broad SMARTS) is 1. The number of unbranched alkanes of at least 4 members (excludes halogenated alkanes) is 14. The van der Waals surface area contributed by atoms with Crippen molar-refractivity contribution in [1.29, 1.82) is 0 Å². The number of esters is 2. The first-order chi connectivity index (χ1) is 36.1. The number of carboxylic acids is 1. The van der Waals surface area contributed by atoms with E-state index in [4.69, 9.17) is 18.9 Å². The van der Waals surface area contributed by atoms with E-state index >= 15 is 0 Å². The highest BCUT2D eigenvalue weighted by molar-refractivity contribution is 5.70. The van der Waals surface area contributed by atoms with E-state index in [2.05, 4.69) is 148 Å². The van der Waals surface area contributed by atoms with Gasteiger partial charge in [-0.1, -0.05) is 205 Å². The average molecular weight is 1030 g/mol. The molecule has 0 bridgehead atoms. The van der Waals surface area contributed by atoms with Gasteiger partial charge < -0.3 is 33.3 Å². The molecule has 0 saturated heterocycles. The van der Waals surface area contributed by atoms with Crippen LogP contribution in [0.1, 0.15) is 200 Å². The fraction of sp³-hybridized carbons (Fsp3) is 0.615. The maximum atomic E-state index is 12.8. The number of aliphatic carboxylic acids is 1. The molecule has 0 fully saturated rings. The van der Waals surface area contributed by atoms with Crippen LogP contribution >= 0.6 is 0 Å². The smallest absolute Gasteiger partial charge is 0.306 e. The van der Waals surface area contributed by atoms with Gasteiger partial charge in [0, 0.05) is 12.8 Å². The van der Waals surface area contributed by atoms with Gasteiger partial charge in [0.15, 0.2) is 12.4 Å². The summed E-state index contributed by atoms with van der Waals surface area (Å²) in [5, 5.41) is 11.8. The Morgan fingerprint density at radius 2 is 0.770 bits per heavy atom. The predicted molar refractivity (Wildman–Crippen MR) is 310 cm³/mol. The molecular formula is C65H105NO8. The molecule has 2 unspecified atom stereocenters. The first-order valence-corrected chi connectivity index (χ1v) is 28.8. The van der Waals surface area contributed by atoms with E-state index in [0.29, 0.717) is 23.9 Å². The van der Waals surface area contributed by atoms with E-state index in [1.54, 1.807) is 0 Å². The molecule has 9 nitrogen and oxygen atoms in total. The van der Waals surface area contributed by atoms with E-state index in [9.17, 15) is 19.5 Å². The molecule has 0 N–H and O–H groups in total. The van der Waals surface area contributed by atoms with E-state index in [-0.39, 0.29) is 38.6 Å².